The van der Waals surface area contributed by atoms with Gasteiger partial charge < -0.3 is 0 Å². The molecular weight excluding hydrogens is 182 g/mol. The minimum absolute atomic E-state index is 0.735. The summed E-state index contributed by atoms with van der Waals surface area (Å²) in [5.41, 5.74) is 0. The van der Waals surface area contributed by atoms with Gasteiger partial charge in [0.2, 0.25) is 0 Å². The van der Waals surface area contributed by atoms with Gasteiger partial charge in [0.25, 0.3) is 0 Å². The summed E-state index contributed by atoms with van der Waals surface area (Å²) in [4.78, 5) is 4.28. The van der Waals surface area contributed by atoms with E-state index in [4.69, 9.17) is 5.26 Å². The van der Waals surface area contributed by atoms with Crippen molar-refractivity contribution in [2.24, 2.45) is 10.9 Å². The minimum Gasteiger partial charge on any atom is -0.272 e. The van der Waals surface area contributed by atoms with E-state index in [1.54, 1.807) is 0 Å². The molecule has 3 nitrogen and oxygen atoms in total. The van der Waals surface area contributed by atoms with E-state index in [1.165, 1.54) is 31.0 Å². The van der Waals surface area contributed by atoms with Crippen molar-refractivity contribution in [1.29, 1.82) is 5.26 Å². The number of rotatable bonds is 4. The molecule has 0 amide bonds. The molecule has 0 aromatic rings. The van der Waals surface area contributed by atoms with Crippen LogP contribution >= 0.6 is 11.8 Å². The first-order valence-electron chi connectivity index (χ1n) is 4.60. The molecule has 0 aliphatic heterocycles. The van der Waals surface area contributed by atoms with E-state index < -0.39 is 0 Å². The molecule has 13 heavy (non-hydrogen) atoms. The Labute approximate surface area is 83.6 Å². The van der Waals surface area contributed by atoms with Gasteiger partial charge in [-0.05, 0) is 25.0 Å². The summed E-state index contributed by atoms with van der Waals surface area (Å²) in [5, 5.41) is 11.7. The van der Waals surface area contributed by atoms with E-state index in [2.05, 4.69) is 10.3 Å². The van der Waals surface area contributed by atoms with E-state index in [0.717, 1.165) is 24.1 Å². The van der Waals surface area contributed by atoms with Crippen LogP contribution in [0.1, 0.15) is 25.7 Å². The maximum Gasteiger partial charge on any atom is 0.183 e. The topological polar surface area (TPSA) is 48.2 Å². The molecule has 0 atom stereocenters. The highest BCUT2D eigenvalue weighted by atomic mass is 32.2. The molecule has 0 unspecified atom stereocenters. The maximum absolute atomic E-state index is 8.37. The van der Waals surface area contributed by atoms with Crippen molar-refractivity contribution in [2.75, 3.05) is 12.8 Å². The van der Waals surface area contributed by atoms with Crippen LogP contribution in [0.2, 0.25) is 0 Å². The third-order valence-corrected chi connectivity index (χ3v) is 2.70. The van der Waals surface area contributed by atoms with Crippen LogP contribution in [0, 0.1) is 17.4 Å². The molecular formula is C9H15N3S. The Morgan fingerprint density at radius 1 is 1.69 bits per heavy atom. The zero-order valence-corrected chi connectivity index (χ0v) is 8.73. The molecule has 1 N–H and O–H groups in total. The first kappa shape index (κ1) is 10.4. The number of hydrogen-bond acceptors (Lipinski definition) is 3. The Hall–Kier alpha value is -0.690. The zero-order valence-electron chi connectivity index (χ0n) is 7.92. The molecule has 1 saturated carbocycles. The second-order valence-corrected chi connectivity index (χ2v) is 4.01. The minimum atomic E-state index is 0.735. The van der Waals surface area contributed by atoms with Crippen molar-refractivity contribution in [3.05, 3.63) is 0 Å². The lowest BCUT2D eigenvalue weighted by molar-refractivity contribution is 0.676. The van der Waals surface area contributed by atoms with E-state index in [-0.39, 0.29) is 0 Å². The number of thioether (sulfide) groups is 1. The molecule has 1 aliphatic rings. The highest BCUT2D eigenvalue weighted by Crippen LogP contribution is 2.33. The summed E-state index contributed by atoms with van der Waals surface area (Å²) in [7, 11) is 0. The Morgan fingerprint density at radius 2 is 2.46 bits per heavy atom. The second kappa shape index (κ2) is 5.87. The first-order valence-corrected chi connectivity index (χ1v) is 5.83. The fourth-order valence-electron chi connectivity index (χ4n) is 1.17. The summed E-state index contributed by atoms with van der Waals surface area (Å²) in [6, 6.07) is 0. The van der Waals surface area contributed by atoms with Crippen LogP contribution in [0.25, 0.3) is 0 Å². The number of amidine groups is 1. The highest BCUT2D eigenvalue weighted by molar-refractivity contribution is 8.13. The van der Waals surface area contributed by atoms with Crippen LogP contribution < -0.4 is 5.32 Å². The van der Waals surface area contributed by atoms with Crippen LogP contribution in [0.4, 0.5) is 0 Å². The van der Waals surface area contributed by atoms with Crippen molar-refractivity contribution in [3.63, 3.8) is 0 Å². The Kier molecular flexibility index (Phi) is 4.69. The van der Waals surface area contributed by atoms with Crippen LogP contribution in [-0.2, 0) is 0 Å². The fraction of sp³-hybridized carbons (Fsp3) is 0.778. The lowest BCUT2D eigenvalue weighted by Gasteiger charge is -1.99. The first-order chi connectivity index (χ1) is 6.36. The molecule has 0 heterocycles. The van der Waals surface area contributed by atoms with E-state index in [9.17, 15) is 0 Å². The molecule has 0 saturated heterocycles. The van der Waals surface area contributed by atoms with Gasteiger partial charge in [0.15, 0.2) is 11.4 Å². The van der Waals surface area contributed by atoms with Gasteiger partial charge in [-0.25, -0.2) is 0 Å². The third kappa shape index (κ3) is 4.79. The molecule has 0 radical (unpaired) electrons. The molecule has 1 aliphatic carbocycles. The van der Waals surface area contributed by atoms with Crippen LogP contribution in [0.3, 0.4) is 0 Å². The van der Waals surface area contributed by atoms with Gasteiger partial charge >= 0.3 is 0 Å². The number of nitriles is 1. The fourth-order valence-corrected chi connectivity index (χ4v) is 1.54. The molecule has 1 rings (SSSR count). The largest absolute Gasteiger partial charge is 0.272 e. The van der Waals surface area contributed by atoms with E-state index >= 15 is 0 Å². The van der Waals surface area contributed by atoms with E-state index in [0.29, 0.717) is 0 Å². The number of aliphatic imine (C=N–C) groups is 1. The lowest BCUT2D eigenvalue weighted by atomic mass is 10.2. The van der Waals surface area contributed by atoms with Gasteiger partial charge in [0.05, 0.1) is 0 Å². The average molecular weight is 197 g/mol. The van der Waals surface area contributed by atoms with Gasteiger partial charge in [-0.1, -0.05) is 24.6 Å². The molecule has 0 aromatic carbocycles. The Balaban J connectivity index is 2.07. The van der Waals surface area contributed by atoms with Crippen LogP contribution in [0.5, 0.6) is 0 Å². The summed E-state index contributed by atoms with van der Waals surface area (Å²) in [6.45, 7) is 0.849. The van der Waals surface area contributed by atoms with Gasteiger partial charge in [-0.15, -0.1) is 0 Å². The Morgan fingerprint density at radius 3 is 3.00 bits per heavy atom. The molecule has 72 valence electrons. The summed E-state index contributed by atoms with van der Waals surface area (Å²) >= 11 is 1.49. The number of nitrogens with zero attached hydrogens (tertiary/aromatic N) is 2. The average Bonchev–Trinajstić information content (AvgIpc) is 2.94. The third-order valence-electron chi connectivity index (χ3n) is 2.08. The van der Waals surface area contributed by atoms with Crippen LogP contribution in [0.15, 0.2) is 4.99 Å². The molecule has 1 fully saturated rings. The van der Waals surface area contributed by atoms with Crippen molar-refractivity contribution < 1.29 is 0 Å². The molecule has 4 heteroatoms. The van der Waals surface area contributed by atoms with Gasteiger partial charge in [0.1, 0.15) is 0 Å². The smallest absolute Gasteiger partial charge is 0.183 e. The standard InChI is InChI=1S/C9H15N3S/c1-13-9(12-7-10)11-6-2-3-8-4-5-8/h8H,2-6H2,1H3,(H,11,12). The highest BCUT2D eigenvalue weighted by Gasteiger charge is 2.19. The predicted octanol–water partition coefficient (Wildman–Crippen LogP) is 1.97. The zero-order chi connectivity index (χ0) is 9.52. The predicted molar refractivity (Wildman–Crippen MR) is 56.5 cm³/mol. The quantitative estimate of drug-likeness (QED) is 0.246. The maximum atomic E-state index is 8.37. The van der Waals surface area contributed by atoms with Crippen LogP contribution in [-0.4, -0.2) is 18.0 Å². The SMILES string of the molecule is CSC(=NCCCC1CC1)NC#N. The molecule has 0 spiro atoms. The van der Waals surface area contributed by atoms with Crippen molar-refractivity contribution >= 4 is 16.9 Å². The van der Waals surface area contributed by atoms with Gasteiger partial charge in [-0.3, -0.25) is 10.3 Å². The summed E-state index contributed by atoms with van der Waals surface area (Å²) in [6.07, 6.45) is 9.08. The van der Waals surface area contributed by atoms with Gasteiger partial charge in [-0.2, -0.15) is 5.26 Å². The lowest BCUT2D eigenvalue weighted by Crippen LogP contribution is -2.13. The second-order valence-electron chi connectivity index (χ2n) is 3.21. The Bertz CT molecular complexity index is 215. The molecule has 0 bridgehead atoms. The van der Waals surface area contributed by atoms with Crippen molar-refractivity contribution in [1.82, 2.24) is 5.32 Å². The normalized spacial score (nSPS) is 16.8. The van der Waals surface area contributed by atoms with E-state index in [1.807, 2.05) is 12.4 Å². The number of nitrogens with one attached hydrogen (secondary N) is 1. The number of hydrogen-bond donors (Lipinski definition) is 1. The van der Waals surface area contributed by atoms with Crippen molar-refractivity contribution in [2.45, 2.75) is 25.7 Å². The summed E-state index contributed by atoms with van der Waals surface area (Å²) < 4.78 is 0. The summed E-state index contributed by atoms with van der Waals surface area (Å²) in [5.74, 6) is 0.983. The monoisotopic (exact) mass is 197 g/mol. The molecule has 0 aromatic heterocycles. The van der Waals surface area contributed by atoms with Crippen molar-refractivity contribution in [3.8, 4) is 6.19 Å². The van der Waals surface area contributed by atoms with Gasteiger partial charge in [0, 0.05) is 6.54 Å².